The maximum Gasteiger partial charge on any atom is 0.255 e. The zero-order chi connectivity index (χ0) is 19.1. The van der Waals surface area contributed by atoms with Crippen molar-refractivity contribution in [2.75, 3.05) is 19.1 Å². The summed E-state index contributed by atoms with van der Waals surface area (Å²) in [5.74, 6) is 1.50. The lowest BCUT2D eigenvalue weighted by atomic mass is 10.2. The number of nitrogens with zero attached hydrogens (tertiary/aromatic N) is 2. The predicted octanol–water partition coefficient (Wildman–Crippen LogP) is 1.85. The third kappa shape index (κ3) is 5.06. The van der Waals surface area contributed by atoms with E-state index in [0.717, 1.165) is 5.56 Å². The lowest BCUT2D eigenvalue weighted by molar-refractivity contribution is 0.230. The second-order valence-electron chi connectivity index (χ2n) is 5.90. The number of aryl methyl sites for hydroxylation is 1. The minimum absolute atomic E-state index is 0.0175. The highest BCUT2D eigenvalue weighted by Crippen LogP contribution is 2.28. The number of aromatic amines is 1. The highest BCUT2D eigenvalue weighted by Gasteiger charge is 2.08. The summed E-state index contributed by atoms with van der Waals surface area (Å²) in [7, 11) is 1.59. The first-order valence-corrected chi connectivity index (χ1v) is 8.29. The molecule has 0 amide bonds. The standard InChI is InChI=1S/C18H24N4O4/c1-11(2)26-16-9-13(5-6-15(16)25-4)10-19-22-18-20-12(3)14(7-8-23)17(24)21-18/h5-6,9-11,23H,7-8H2,1-4H3,(H2,20,21,22,24)/b19-10-. The summed E-state index contributed by atoms with van der Waals surface area (Å²) in [4.78, 5) is 18.8. The number of hydrazone groups is 1. The van der Waals surface area contributed by atoms with E-state index in [4.69, 9.17) is 14.6 Å². The van der Waals surface area contributed by atoms with E-state index >= 15 is 0 Å². The van der Waals surface area contributed by atoms with Gasteiger partial charge < -0.3 is 14.6 Å². The molecule has 8 nitrogen and oxygen atoms in total. The molecule has 0 aliphatic heterocycles. The van der Waals surface area contributed by atoms with Crippen molar-refractivity contribution in [3.8, 4) is 11.5 Å². The Morgan fingerprint density at radius 3 is 2.77 bits per heavy atom. The predicted molar refractivity (Wildman–Crippen MR) is 100 cm³/mol. The Hall–Kier alpha value is -2.87. The number of nitrogens with one attached hydrogen (secondary N) is 2. The number of aromatic nitrogens is 2. The quantitative estimate of drug-likeness (QED) is 0.490. The van der Waals surface area contributed by atoms with Crippen LogP contribution >= 0.6 is 0 Å². The minimum atomic E-state index is -0.290. The lowest BCUT2D eigenvalue weighted by Crippen LogP contribution is -2.19. The second-order valence-corrected chi connectivity index (χ2v) is 5.90. The first-order valence-electron chi connectivity index (χ1n) is 8.29. The van der Waals surface area contributed by atoms with Gasteiger partial charge in [-0.05, 0) is 44.5 Å². The van der Waals surface area contributed by atoms with Crippen LogP contribution in [-0.4, -0.2) is 41.1 Å². The van der Waals surface area contributed by atoms with E-state index in [-0.39, 0.29) is 30.6 Å². The largest absolute Gasteiger partial charge is 0.493 e. The summed E-state index contributed by atoms with van der Waals surface area (Å²) in [6, 6.07) is 5.45. The average molecular weight is 360 g/mol. The molecular weight excluding hydrogens is 336 g/mol. The molecule has 1 aromatic heterocycles. The fourth-order valence-electron chi connectivity index (χ4n) is 2.36. The monoisotopic (exact) mass is 360 g/mol. The van der Waals surface area contributed by atoms with Gasteiger partial charge in [-0.1, -0.05) is 0 Å². The van der Waals surface area contributed by atoms with Crippen LogP contribution in [0, 0.1) is 6.92 Å². The van der Waals surface area contributed by atoms with E-state index in [9.17, 15) is 4.79 Å². The third-order valence-corrected chi connectivity index (χ3v) is 3.52. The molecule has 2 aromatic rings. The molecule has 0 aliphatic rings. The summed E-state index contributed by atoms with van der Waals surface area (Å²) in [5.41, 5.74) is 4.23. The molecule has 26 heavy (non-hydrogen) atoms. The van der Waals surface area contributed by atoms with Crippen LogP contribution < -0.4 is 20.5 Å². The number of benzene rings is 1. The molecule has 0 saturated carbocycles. The zero-order valence-corrected chi connectivity index (χ0v) is 15.4. The van der Waals surface area contributed by atoms with Gasteiger partial charge in [0.25, 0.3) is 5.56 Å². The maximum absolute atomic E-state index is 12.0. The fraction of sp³-hybridized carbons (Fsp3) is 0.389. The Morgan fingerprint density at radius 1 is 1.38 bits per heavy atom. The molecule has 1 aromatic carbocycles. The Balaban J connectivity index is 2.14. The molecule has 0 fully saturated rings. The molecule has 8 heteroatoms. The molecule has 0 spiro atoms. The van der Waals surface area contributed by atoms with Crippen molar-refractivity contribution in [2.24, 2.45) is 5.10 Å². The van der Waals surface area contributed by atoms with Gasteiger partial charge in [0.1, 0.15) is 0 Å². The van der Waals surface area contributed by atoms with Gasteiger partial charge in [0.05, 0.1) is 25.1 Å². The molecular formula is C18H24N4O4. The average Bonchev–Trinajstić information content (AvgIpc) is 2.58. The van der Waals surface area contributed by atoms with Crippen molar-refractivity contribution in [3.05, 3.63) is 45.4 Å². The smallest absolute Gasteiger partial charge is 0.255 e. The van der Waals surface area contributed by atoms with Crippen LogP contribution in [0.4, 0.5) is 5.95 Å². The molecule has 0 radical (unpaired) electrons. The zero-order valence-electron chi connectivity index (χ0n) is 15.4. The highest BCUT2D eigenvalue weighted by atomic mass is 16.5. The third-order valence-electron chi connectivity index (χ3n) is 3.52. The van der Waals surface area contributed by atoms with Crippen molar-refractivity contribution in [1.82, 2.24) is 9.97 Å². The Labute approximate surface area is 151 Å². The highest BCUT2D eigenvalue weighted by molar-refractivity contribution is 5.81. The number of rotatable bonds is 8. The molecule has 0 unspecified atom stereocenters. The van der Waals surface area contributed by atoms with Gasteiger partial charge in [-0.2, -0.15) is 5.10 Å². The number of aliphatic hydroxyl groups is 1. The molecule has 0 bridgehead atoms. The normalized spacial score (nSPS) is 11.2. The van der Waals surface area contributed by atoms with E-state index in [1.165, 1.54) is 0 Å². The Morgan fingerprint density at radius 2 is 2.15 bits per heavy atom. The van der Waals surface area contributed by atoms with E-state index < -0.39 is 0 Å². The van der Waals surface area contributed by atoms with Crippen molar-refractivity contribution in [1.29, 1.82) is 0 Å². The molecule has 2 rings (SSSR count). The van der Waals surface area contributed by atoms with Gasteiger partial charge in [-0.15, -0.1) is 0 Å². The number of methoxy groups -OCH3 is 1. The summed E-state index contributed by atoms with van der Waals surface area (Å²) in [6.07, 6.45) is 1.87. The molecule has 0 atom stereocenters. The molecule has 140 valence electrons. The number of anilines is 1. The Kier molecular flexibility index (Phi) is 6.74. The van der Waals surface area contributed by atoms with Crippen molar-refractivity contribution < 1.29 is 14.6 Å². The first kappa shape index (κ1) is 19.5. The topological polar surface area (TPSA) is 109 Å². The molecule has 1 heterocycles. The molecule has 0 aliphatic carbocycles. The van der Waals surface area contributed by atoms with Crippen LogP contribution in [0.15, 0.2) is 28.1 Å². The molecule has 3 N–H and O–H groups in total. The minimum Gasteiger partial charge on any atom is -0.493 e. The lowest BCUT2D eigenvalue weighted by Gasteiger charge is -2.13. The van der Waals surface area contributed by atoms with Gasteiger partial charge in [0.2, 0.25) is 5.95 Å². The fourth-order valence-corrected chi connectivity index (χ4v) is 2.36. The van der Waals surface area contributed by atoms with Crippen LogP contribution in [0.2, 0.25) is 0 Å². The van der Waals surface area contributed by atoms with Crippen molar-refractivity contribution in [2.45, 2.75) is 33.3 Å². The Bertz CT molecular complexity index is 830. The first-order chi connectivity index (χ1) is 12.4. The SMILES string of the molecule is COc1ccc(/C=N\Nc2nc(C)c(CCO)c(=O)[nH]2)cc1OC(C)C. The van der Waals surface area contributed by atoms with Gasteiger partial charge in [-0.25, -0.2) is 10.4 Å². The van der Waals surface area contributed by atoms with Crippen LogP contribution in [0.5, 0.6) is 11.5 Å². The summed E-state index contributed by atoms with van der Waals surface area (Å²) in [5, 5.41) is 13.1. The van der Waals surface area contributed by atoms with Gasteiger partial charge in [-0.3, -0.25) is 9.78 Å². The van der Waals surface area contributed by atoms with E-state index in [0.29, 0.717) is 22.8 Å². The number of H-pyrrole nitrogens is 1. The van der Waals surface area contributed by atoms with Crippen molar-refractivity contribution >= 4 is 12.2 Å². The van der Waals surface area contributed by atoms with Gasteiger partial charge in [0.15, 0.2) is 11.5 Å². The second kappa shape index (κ2) is 9.00. The molecule has 0 saturated heterocycles. The summed E-state index contributed by atoms with van der Waals surface area (Å²) in [6.45, 7) is 5.49. The number of hydrogen-bond donors (Lipinski definition) is 3. The van der Waals surface area contributed by atoms with Crippen LogP contribution in [0.25, 0.3) is 0 Å². The van der Waals surface area contributed by atoms with Crippen LogP contribution in [0.1, 0.15) is 30.7 Å². The van der Waals surface area contributed by atoms with Gasteiger partial charge >= 0.3 is 0 Å². The van der Waals surface area contributed by atoms with Crippen LogP contribution in [-0.2, 0) is 6.42 Å². The van der Waals surface area contributed by atoms with Crippen LogP contribution in [0.3, 0.4) is 0 Å². The van der Waals surface area contributed by atoms with E-state index in [1.54, 1.807) is 26.3 Å². The number of hydrogen-bond acceptors (Lipinski definition) is 7. The van der Waals surface area contributed by atoms with E-state index in [2.05, 4.69) is 20.5 Å². The van der Waals surface area contributed by atoms with Gasteiger partial charge in [0, 0.05) is 18.6 Å². The van der Waals surface area contributed by atoms with Crippen molar-refractivity contribution in [3.63, 3.8) is 0 Å². The van der Waals surface area contributed by atoms with E-state index in [1.807, 2.05) is 26.0 Å². The number of ether oxygens (including phenoxy) is 2. The maximum atomic E-state index is 12.0. The summed E-state index contributed by atoms with van der Waals surface area (Å²) >= 11 is 0. The summed E-state index contributed by atoms with van der Waals surface area (Å²) < 4.78 is 11.0. The number of aliphatic hydroxyl groups excluding tert-OH is 1.